The normalized spacial score (nSPS) is 11.3. The van der Waals surface area contributed by atoms with Gasteiger partial charge in [0.1, 0.15) is 36.2 Å². The molecule has 0 aliphatic carbocycles. The summed E-state index contributed by atoms with van der Waals surface area (Å²) in [6, 6.07) is 48.1. The van der Waals surface area contributed by atoms with Gasteiger partial charge in [-0.3, -0.25) is 0 Å². The third-order valence-electron chi connectivity index (χ3n) is 7.64. The van der Waals surface area contributed by atoms with Crippen molar-refractivity contribution < 1.29 is 45.7 Å². The molecule has 0 aromatic heterocycles. The zero-order valence-corrected chi connectivity index (χ0v) is 31.1. The third kappa shape index (κ3) is 14.0. The Morgan fingerprint density at radius 3 is 1.11 bits per heavy atom. The molecule has 6 aromatic rings. The van der Waals surface area contributed by atoms with Crippen LogP contribution in [0.4, 0.5) is 0 Å². The number of hydrogen-bond donors (Lipinski definition) is 0. The molecule has 0 unspecified atom stereocenters. The first-order valence-corrected chi connectivity index (χ1v) is 16.9. The summed E-state index contributed by atoms with van der Waals surface area (Å²) in [6.07, 6.45) is 3.05. The molecule has 0 spiro atoms. The Balaban J connectivity index is 0.000000240. The predicted octanol–water partition coefficient (Wildman–Crippen LogP) is 6.83. The van der Waals surface area contributed by atoms with Gasteiger partial charge in [0.25, 0.3) is 0 Å². The molecule has 6 rings (SSSR count). The van der Waals surface area contributed by atoms with Gasteiger partial charge in [-0.05, 0) is 106 Å². The van der Waals surface area contributed by atoms with Gasteiger partial charge in [-0.2, -0.15) is 20.4 Å². The molecule has 0 aliphatic heterocycles. The van der Waals surface area contributed by atoms with E-state index in [0.29, 0.717) is 35.8 Å². The Labute approximate surface area is 330 Å². The number of methoxy groups -OCH3 is 2. The van der Waals surface area contributed by atoms with Crippen molar-refractivity contribution in [1.82, 2.24) is 0 Å². The van der Waals surface area contributed by atoms with E-state index in [1.165, 1.54) is 12.4 Å². The Kier molecular flexibility index (Phi) is 16.7. The van der Waals surface area contributed by atoms with Gasteiger partial charge in [0, 0.05) is 11.8 Å². The number of hydrogen-bond acceptors (Lipinski definition) is 10. The summed E-state index contributed by atoms with van der Waals surface area (Å²) in [6.45, 7) is 0.954. The molecule has 0 saturated carbocycles. The molecule has 0 saturated heterocycles. The molecule has 55 heavy (non-hydrogen) atoms. The van der Waals surface area contributed by atoms with Crippen molar-refractivity contribution in [3.8, 4) is 23.0 Å². The van der Waals surface area contributed by atoms with Crippen LogP contribution in [0.15, 0.2) is 178 Å². The molecular weight excluding hydrogens is 739 g/mol. The molecule has 0 heterocycles. The number of ether oxygens (including phenoxy) is 4. The predicted molar refractivity (Wildman–Crippen MR) is 209 cm³/mol. The zero-order chi connectivity index (χ0) is 37.8. The SMILES string of the molecule is COc1ccc(/C=N\N=C(/[O-])c2ccc(OCc3ccccc3)cc2)cc1.COc1ccc(/C=N\N=C(/[O-])c2ccc(OCc3ccccc3)cc2)cc1.[Ni+2]. The fourth-order valence-electron chi connectivity index (χ4n) is 4.66. The minimum Gasteiger partial charge on any atom is -0.857 e. The van der Waals surface area contributed by atoms with Gasteiger partial charge in [-0.1, -0.05) is 84.9 Å². The van der Waals surface area contributed by atoms with Gasteiger partial charge >= 0.3 is 16.5 Å². The third-order valence-corrected chi connectivity index (χ3v) is 7.64. The second-order valence-corrected chi connectivity index (χ2v) is 11.4. The van der Waals surface area contributed by atoms with Crippen LogP contribution in [0.2, 0.25) is 0 Å². The van der Waals surface area contributed by atoms with E-state index in [0.717, 1.165) is 33.8 Å². The largest absolute Gasteiger partial charge is 2.00 e. The quantitative estimate of drug-likeness (QED) is 0.0516. The standard InChI is InChI=1S/2C22H20N2O3.Ni/c2*1-26-20-11-7-17(8-12-20)15-23-24-22(25)19-9-13-21(14-10-19)27-16-18-5-3-2-4-6-18;/h2*2-15H,16H2,1H3,(H,24,25);/q;;+2/p-2/b2*23-15-;. The summed E-state index contributed by atoms with van der Waals surface area (Å²) in [7, 11) is 3.21. The van der Waals surface area contributed by atoms with Crippen molar-refractivity contribution in [3.63, 3.8) is 0 Å². The second-order valence-electron chi connectivity index (χ2n) is 11.4. The van der Waals surface area contributed by atoms with Crippen molar-refractivity contribution in [3.05, 3.63) is 191 Å². The van der Waals surface area contributed by atoms with Gasteiger partial charge in [0.05, 0.1) is 26.6 Å². The van der Waals surface area contributed by atoms with Gasteiger partial charge < -0.3 is 29.2 Å². The molecule has 280 valence electrons. The first-order valence-electron chi connectivity index (χ1n) is 16.9. The molecule has 0 N–H and O–H groups in total. The van der Waals surface area contributed by atoms with Crippen LogP contribution in [0.5, 0.6) is 23.0 Å². The Morgan fingerprint density at radius 2 is 0.782 bits per heavy atom. The van der Waals surface area contributed by atoms with E-state index in [2.05, 4.69) is 20.4 Å². The van der Waals surface area contributed by atoms with E-state index < -0.39 is 11.8 Å². The molecule has 0 atom stereocenters. The summed E-state index contributed by atoms with van der Waals surface area (Å²) < 4.78 is 21.6. The number of benzene rings is 6. The van der Waals surface area contributed by atoms with Crippen molar-refractivity contribution in [2.75, 3.05) is 14.2 Å². The summed E-state index contributed by atoms with van der Waals surface area (Å²) in [4.78, 5) is 0. The Morgan fingerprint density at radius 1 is 0.455 bits per heavy atom. The first-order chi connectivity index (χ1) is 26.5. The van der Waals surface area contributed by atoms with Gasteiger partial charge in [0.2, 0.25) is 0 Å². The maximum Gasteiger partial charge on any atom is 2.00 e. The van der Waals surface area contributed by atoms with E-state index >= 15 is 0 Å². The first kappa shape index (κ1) is 41.1. The van der Waals surface area contributed by atoms with E-state index in [4.69, 9.17) is 18.9 Å². The van der Waals surface area contributed by atoms with E-state index in [1.54, 1.807) is 62.8 Å². The van der Waals surface area contributed by atoms with E-state index in [9.17, 15) is 10.2 Å². The van der Waals surface area contributed by atoms with Crippen LogP contribution in [0.3, 0.4) is 0 Å². The van der Waals surface area contributed by atoms with Gasteiger partial charge in [-0.15, -0.1) is 0 Å². The minimum absolute atomic E-state index is 0. The molecule has 0 fully saturated rings. The minimum atomic E-state index is -0.408. The van der Waals surface area contributed by atoms with E-state index in [-0.39, 0.29) is 16.5 Å². The average Bonchev–Trinajstić information content (AvgIpc) is 3.24. The van der Waals surface area contributed by atoms with Crippen molar-refractivity contribution in [2.24, 2.45) is 20.4 Å². The monoisotopic (exact) mass is 776 g/mol. The van der Waals surface area contributed by atoms with Crippen molar-refractivity contribution >= 4 is 24.2 Å². The summed E-state index contributed by atoms with van der Waals surface area (Å²) in [5.41, 5.74) is 4.73. The van der Waals surface area contributed by atoms with Gasteiger partial charge in [-0.25, -0.2) is 0 Å². The van der Waals surface area contributed by atoms with E-state index in [1.807, 2.05) is 109 Å². The maximum absolute atomic E-state index is 12.1. The summed E-state index contributed by atoms with van der Waals surface area (Å²) in [5, 5.41) is 39.3. The Hall–Kier alpha value is -6.71. The van der Waals surface area contributed by atoms with Crippen molar-refractivity contribution in [1.29, 1.82) is 0 Å². The molecule has 11 heteroatoms. The van der Waals surface area contributed by atoms with Crippen LogP contribution in [0.25, 0.3) is 0 Å². The zero-order valence-electron chi connectivity index (χ0n) is 30.1. The van der Waals surface area contributed by atoms with Crippen LogP contribution < -0.4 is 29.2 Å². The fraction of sp³-hybridized carbons (Fsp3) is 0.0909. The van der Waals surface area contributed by atoms with Crippen LogP contribution >= 0.6 is 0 Å². The number of nitrogens with zero attached hydrogens (tertiary/aromatic N) is 4. The average molecular weight is 778 g/mol. The Bertz CT molecular complexity index is 1970. The number of rotatable bonds is 14. The summed E-state index contributed by atoms with van der Waals surface area (Å²) >= 11 is 0. The molecule has 0 bridgehead atoms. The maximum atomic E-state index is 12.1. The second kappa shape index (κ2) is 22.4. The van der Waals surface area contributed by atoms with Crippen LogP contribution in [0, 0.1) is 0 Å². The van der Waals surface area contributed by atoms with Gasteiger partial charge in [0.15, 0.2) is 0 Å². The van der Waals surface area contributed by atoms with Crippen molar-refractivity contribution in [2.45, 2.75) is 13.2 Å². The topological polar surface area (TPSA) is 132 Å². The molecule has 6 aromatic carbocycles. The molecular formula is C44H38N4NiO6. The van der Waals surface area contributed by atoms with Crippen LogP contribution in [-0.4, -0.2) is 38.4 Å². The molecule has 0 amide bonds. The molecule has 10 nitrogen and oxygen atoms in total. The molecule has 0 radical (unpaired) electrons. The fourth-order valence-corrected chi connectivity index (χ4v) is 4.66. The molecule has 0 aliphatic rings. The van der Waals surface area contributed by atoms with Crippen LogP contribution in [0.1, 0.15) is 33.4 Å². The smallest absolute Gasteiger partial charge is 0.857 e. The summed E-state index contributed by atoms with van der Waals surface area (Å²) in [5.74, 6) is 2.09. The van der Waals surface area contributed by atoms with Crippen LogP contribution in [-0.2, 0) is 29.7 Å².